The van der Waals surface area contributed by atoms with Gasteiger partial charge in [-0.2, -0.15) is 0 Å². The maximum absolute atomic E-state index is 11.7. The van der Waals surface area contributed by atoms with E-state index in [0.717, 1.165) is 37.7 Å². The van der Waals surface area contributed by atoms with Gasteiger partial charge in [-0.15, -0.1) is 0 Å². The van der Waals surface area contributed by atoms with Crippen LogP contribution in [0.1, 0.15) is 0 Å². The standard InChI is InChI=1S/C22H11NO2/c24-23(25)18-11-14-8-7-12-3-1-5-15-16-6-2-4-13-9-10-17(18)22(20(13)16)21(14)19(12)15/h1-11H. The van der Waals surface area contributed by atoms with Crippen molar-refractivity contribution in [3.63, 3.8) is 0 Å². The summed E-state index contributed by atoms with van der Waals surface area (Å²) >= 11 is 0. The van der Waals surface area contributed by atoms with Crippen LogP contribution >= 0.6 is 0 Å². The van der Waals surface area contributed by atoms with E-state index in [9.17, 15) is 10.1 Å². The van der Waals surface area contributed by atoms with Gasteiger partial charge in [0.25, 0.3) is 5.69 Å². The number of nitrogens with zero attached hydrogens (tertiary/aromatic N) is 1. The van der Waals surface area contributed by atoms with Crippen LogP contribution in [-0.4, -0.2) is 4.92 Å². The van der Waals surface area contributed by atoms with Crippen LogP contribution in [0.3, 0.4) is 0 Å². The van der Waals surface area contributed by atoms with Crippen molar-refractivity contribution in [3.8, 4) is 0 Å². The Bertz CT molecular complexity index is 1470. The molecule has 0 atom stereocenters. The lowest BCUT2D eigenvalue weighted by Gasteiger charge is -2.17. The summed E-state index contributed by atoms with van der Waals surface area (Å²) in [7, 11) is 0. The van der Waals surface area contributed by atoms with Crippen molar-refractivity contribution >= 4 is 59.5 Å². The summed E-state index contributed by atoms with van der Waals surface area (Å²) in [6, 6.07) is 22.3. The molecule has 0 aliphatic carbocycles. The average Bonchev–Trinajstić information content (AvgIpc) is 2.65. The molecule has 0 heterocycles. The number of benzene rings is 6. The van der Waals surface area contributed by atoms with Crippen LogP contribution in [0, 0.1) is 10.1 Å². The molecule has 3 heteroatoms. The molecule has 0 N–H and O–H groups in total. The molecule has 0 bridgehead atoms. The second-order valence-corrected chi connectivity index (χ2v) is 6.61. The summed E-state index contributed by atoms with van der Waals surface area (Å²) in [4.78, 5) is 11.4. The van der Waals surface area contributed by atoms with Gasteiger partial charge in [0.15, 0.2) is 0 Å². The third kappa shape index (κ3) is 1.42. The first kappa shape index (κ1) is 12.9. The Morgan fingerprint density at radius 2 is 1.20 bits per heavy atom. The highest BCUT2D eigenvalue weighted by Crippen LogP contribution is 2.46. The van der Waals surface area contributed by atoms with Crippen molar-refractivity contribution in [3.05, 3.63) is 76.8 Å². The molecule has 0 aliphatic heterocycles. The normalized spacial score (nSPS) is 12.3. The van der Waals surface area contributed by atoms with E-state index < -0.39 is 0 Å². The molecule has 116 valence electrons. The quantitative estimate of drug-likeness (QED) is 0.156. The van der Waals surface area contributed by atoms with Crippen molar-refractivity contribution in [2.24, 2.45) is 0 Å². The highest BCUT2D eigenvalue weighted by Gasteiger charge is 2.22. The molecule has 0 unspecified atom stereocenters. The molecule has 0 saturated carbocycles. The van der Waals surface area contributed by atoms with Gasteiger partial charge >= 0.3 is 0 Å². The molecule has 6 rings (SSSR count). The zero-order valence-corrected chi connectivity index (χ0v) is 13.1. The van der Waals surface area contributed by atoms with Gasteiger partial charge in [0.05, 0.1) is 10.3 Å². The Balaban J connectivity index is 2.14. The van der Waals surface area contributed by atoms with Gasteiger partial charge in [0.1, 0.15) is 0 Å². The smallest absolute Gasteiger partial charge is 0.258 e. The zero-order valence-electron chi connectivity index (χ0n) is 13.1. The minimum absolute atomic E-state index is 0.179. The maximum Gasteiger partial charge on any atom is 0.277 e. The second-order valence-electron chi connectivity index (χ2n) is 6.61. The molecular formula is C22H11NO2. The first-order valence-corrected chi connectivity index (χ1v) is 8.23. The molecule has 0 amide bonds. The van der Waals surface area contributed by atoms with E-state index in [1.54, 1.807) is 6.07 Å². The van der Waals surface area contributed by atoms with Crippen LogP contribution in [0.5, 0.6) is 0 Å². The molecule has 0 fully saturated rings. The first-order valence-electron chi connectivity index (χ1n) is 8.23. The number of rotatable bonds is 1. The van der Waals surface area contributed by atoms with E-state index in [1.165, 1.54) is 16.2 Å². The predicted molar refractivity (Wildman–Crippen MR) is 103 cm³/mol. The van der Waals surface area contributed by atoms with Crippen LogP contribution < -0.4 is 0 Å². The van der Waals surface area contributed by atoms with Crippen LogP contribution in [0.4, 0.5) is 5.69 Å². The highest BCUT2D eigenvalue weighted by atomic mass is 16.6. The molecule has 6 aromatic rings. The second kappa shape index (κ2) is 4.14. The van der Waals surface area contributed by atoms with Gasteiger partial charge < -0.3 is 0 Å². The third-order valence-electron chi connectivity index (χ3n) is 5.43. The minimum atomic E-state index is -0.270. The SMILES string of the molecule is O=[N+]([O-])c1cc2ccc3cccc4c5cccc6ccc1c(c65)c2c34. The van der Waals surface area contributed by atoms with E-state index in [4.69, 9.17) is 0 Å². The summed E-state index contributed by atoms with van der Waals surface area (Å²) in [5.74, 6) is 0. The van der Waals surface area contributed by atoms with Crippen LogP contribution in [0.15, 0.2) is 66.7 Å². The summed E-state index contributed by atoms with van der Waals surface area (Å²) < 4.78 is 0. The summed E-state index contributed by atoms with van der Waals surface area (Å²) in [5.41, 5.74) is 0.179. The molecule has 0 radical (unpaired) electrons. The van der Waals surface area contributed by atoms with Crippen molar-refractivity contribution in [2.75, 3.05) is 0 Å². The number of fused-ring (bicyclic) bond motifs is 1. The lowest BCUT2D eigenvalue weighted by Crippen LogP contribution is -1.94. The van der Waals surface area contributed by atoms with E-state index in [-0.39, 0.29) is 10.6 Å². The van der Waals surface area contributed by atoms with E-state index in [2.05, 4.69) is 42.5 Å². The number of hydrogen-bond acceptors (Lipinski definition) is 2. The van der Waals surface area contributed by atoms with Gasteiger partial charge in [-0.05, 0) is 49.2 Å². The molecule has 25 heavy (non-hydrogen) atoms. The van der Waals surface area contributed by atoms with E-state index >= 15 is 0 Å². The lowest BCUT2D eigenvalue weighted by molar-refractivity contribution is -0.382. The van der Waals surface area contributed by atoms with Crippen molar-refractivity contribution in [2.45, 2.75) is 0 Å². The fourth-order valence-corrected chi connectivity index (χ4v) is 4.46. The Hall–Kier alpha value is -3.46. The van der Waals surface area contributed by atoms with E-state index in [1.807, 2.05) is 18.2 Å². The van der Waals surface area contributed by atoms with Crippen LogP contribution in [0.2, 0.25) is 0 Å². The van der Waals surface area contributed by atoms with Crippen molar-refractivity contribution in [1.29, 1.82) is 0 Å². The fraction of sp³-hybridized carbons (Fsp3) is 0. The molecular weight excluding hydrogens is 310 g/mol. The Morgan fingerprint density at radius 1 is 0.600 bits per heavy atom. The number of nitro groups is 1. The topological polar surface area (TPSA) is 43.1 Å². The first-order chi connectivity index (χ1) is 12.2. The molecule has 0 aliphatic rings. The zero-order chi connectivity index (χ0) is 16.7. The van der Waals surface area contributed by atoms with Crippen LogP contribution in [-0.2, 0) is 0 Å². The fourth-order valence-electron chi connectivity index (χ4n) is 4.46. The highest BCUT2D eigenvalue weighted by molar-refractivity contribution is 6.40. The Labute approximate surface area is 141 Å². The average molecular weight is 321 g/mol. The number of non-ortho nitro benzene ring substituents is 1. The summed E-state index contributed by atoms with van der Waals surface area (Å²) in [6.45, 7) is 0. The lowest BCUT2D eigenvalue weighted by atomic mass is 9.85. The molecule has 0 aromatic heterocycles. The van der Waals surface area contributed by atoms with Crippen LogP contribution in [0.25, 0.3) is 53.9 Å². The molecule has 0 spiro atoms. The number of nitro benzene ring substituents is 1. The molecule has 3 nitrogen and oxygen atoms in total. The molecule has 0 saturated heterocycles. The van der Waals surface area contributed by atoms with Crippen molar-refractivity contribution < 1.29 is 4.92 Å². The van der Waals surface area contributed by atoms with E-state index in [0.29, 0.717) is 0 Å². The largest absolute Gasteiger partial charge is 0.277 e. The van der Waals surface area contributed by atoms with Gasteiger partial charge in [-0.25, -0.2) is 0 Å². The molecule has 6 aromatic carbocycles. The Morgan fingerprint density at radius 3 is 1.88 bits per heavy atom. The summed E-state index contributed by atoms with van der Waals surface area (Å²) in [5, 5.41) is 22.5. The van der Waals surface area contributed by atoms with Gasteiger partial charge in [0.2, 0.25) is 0 Å². The summed E-state index contributed by atoms with van der Waals surface area (Å²) in [6.07, 6.45) is 0. The van der Waals surface area contributed by atoms with Gasteiger partial charge in [-0.1, -0.05) is 54.6 Å². The monoisotopic (exact) mass is 321 g/mol. The predicted octanol–water partition coefficient (Wildman–Crippen LogP) is 6.24. The number of hydrogen-bond donors (Lipinski definition) is 0. The Kier molecular flexibility index (Phi) is 2.13. The third-order valence-corrected chi connectivity index (χ3v) is 5.43. The maximum atomic E-state index is 11.7. The minimum Gasteiger partial charge on any atom is -0.258 e. The van der Waals surface area contributed by atoms with Crippen molar-refractivity contribution in [1.82, 2.24) is 0 Å². The van der Waals surface area contributed by atoms with Gasteiger partial charge in [0, 0.05) is 11.5 Å². The van der Waals surface area contributed by atoms with Gasteiger partial charge in [-0.3, -0.25) is 10.1 Å².